The summed E-state index contributed by atoms with van der Waals surface area (Å²) in [6.45, 7) is 6.89. The minimum Gasteiger partial charge on any atom is -0.376 e. The molecular weight excluding hydrogens is 242 g/mol. The molecule has 1 aromatic rings. The maximum Gasteiger partial charge on any atom is 0.261 e. The molecule has 0 spiro atoms. The number of rotatable bonds is 4. The number of nitrogens with zero attached hydrogens (tertiary/aromatic N) is 1. The molecule has 0 aromatic heterocycles. The quantitative estimate of drug-likeness (QED) is 0.618. The summed E-state index contributed by atoms with van der Waals surface area (Å²) in [7, 11) is 0. The van der Waals surface area contributed by atoms with Gasteiger partial charge in [0, 0.05) is 13.2 Å². The maximum atomic E-state index is 12.1. The Balaban J connectivity index is 1.94. The summed E-state index contributed by atoms with van der Waals surface area (Å²) in [5.74, 6) is -0.396. The molecule has 4 heteroatoms. The molecule has 1 aromatic carbocycles. The third kappa shape index (κ3) is 3.01. The van der Waals surface area contributed by atoms with Crippen LogP contribution in [-0.4, -0.2) is 35.5 Å². The van der Waals surface area contributed by atoms with E-state index in [-0.39, 0.29) is 17.4 Å². The summed E-state index contributed by atoms with van der Waals surface area (Å²) in [5.41, 5.74) is 0.815. The Morgan fingerprint density at radius 2 is 1.58 bits per heavy atom. The van der Waals surface area contributed by atoms with Gasteiger partial charge in [0.05, 0.1) is 16.7 Å². The summed E-state index contributed by atoms with van der Waals surface area (Å²) in [6, 6.07) is 6.94. The van der Waals surface area contributed by atoms with Crippen molar-refractivity contribution < 1.29 is 14.3 Å². The van der Waals surface area contributed by atoms with Gasteiger partial charge >= 0.3 is 0 Å². The van der Waals surface area contributed by atoms with Gasteiger partial charge in [0.1, 0.15) is 0 Å². The molecule has 0 atom stereocenters. The molecule has 1 aliphatic rings. The van der Waals surface area contributed by atoms with Gasteiger partial charge in [-0.25, -0.2) is 0 Å². The van der Waals surface area contributed by atoms with Gasteiger partial charge in [-0.1, -0.05) is 12.1 Å². The molecule has 1 aliphatic heterocycles. The predicted octanol–water partition coefficient (Wildman–Crippen LogP) is 2.49. The number of carbonyl (C=O) groups excluding carboxylic acids is 2. The van der Waals surface area contributed by atoms with Gasteiger partial charge in [0.25, 0.3) is 11.8 Å². The smallest absolute Gasteiger partial charge is 0.261 e. The number of amides is 2. The Morgan fingerprint density at radius 1 is 1.05 bits per heavy atom. The van der Waals surface area contributed by atoms with E-state index in [1.54, 1.807) is 24.3 Å². The van der Waals surface area contributed by atoms with Crippen LogP contribution >= 0.6 is 0 Å². The Morgan fingerprint density at radius 3 is 2.05 bits per heavy atom. The molecule has 0 saturated heterocycles. The second kappa shape index (κ2) is 5.13. The van der Waals surface area contributed by atoms with Gasteiger partial charge in [-0.15, -0.1) is 0 Å². The van der Waals surface area contributed by atoms with Crippen LogP contribution in [-0.2, 0) is 4.74 Å². The molecule has 4 nitrogen and oxygen atoms in total. The molecular formula is C15H19NO3. The lowest BCUT2D eigenvalue weighted by Gasteiger charge is -2.20. The topological polar surface area (TPSA) is 46.6 Å². The number of benzene rings is 1. The molecule has 0 N–H and O–H groups in total. The van der Waals surface area contributed by atoms with Gasteiger partial charge in [0.2, 0.25) is 0 Å². The van der Waals surface area contributed by atoms with Crippen molar-refractivity contribution in [3.05, 3.63) is 35.4 Å². The first-order valence-electron chi connectivity index (χ1n) is 6.49. The number of hydrogen-bond acceptors (Lipinski definition) is 3. The van der Waals surface area contributed by atoms with E-state index in [4.69, 9.17) is 4.74 Å². The van der Waals surface area contributed by atoms with E-state index in [0.29, 0.717) is 30.7 Å². The van der Waals surface area contributed by atoms with Gasteiger partial charge in [-0.05, 0) is 39.3 Å². The fraction of sp³-hybridized carbons (Fsp3) is 0.467. The lowest BCUT2D eigenvalue weighted by Crippen LogP contribution is -2.32. The summed E-state index contributed by atoms with van der Waals surface area (Å²) in [4.78, 5) is 25.4. The van der Waals surface area contributed by atoms with Gasteiger partial charge in [-0.3, -0.25) is 14.5 Å². The highest BCUT2D eigenvalue weighted by Crippen LogP contribution is 2.22. The molecule has 0 unspecified atom stereocenters. The second-order valence-electron chi connectivity index (χ2n) is 5.62. The van der Waals surface area contributed by atoms with Crippen LogP contribution in [0.2, 0.25) is 0 Å². The zero-order valence-corrected chi connectivity index (χ0v) is 11.6. The number of imide groups is 1. The minimum absolute atomic E-state index is 0.192. The van der Waals surface area contributed by atoms with Crippen LogP contribution in [0.25, 0.3) is 0 Å². The third-order valence-electron chi connectivity index (χ3n) is 2.94. The molecule has 102 valence electrons. The fourth-order valence-corrected chi connectivity index (χ4v) is 2.04. The SMILES string of the molecule is CC(C)(C)OCCCN1C(=O)c2ccccc2C1=O. The van der Waals surface area contributed by atoms with E-state index in [1.807, 2.05) is 20.8 Å². The second-order valence-corrected chi connectivity index (χ2v) is 5.62. The average molecular weight is 261 g/mol. The Labute approximate surface area is 113 Å². The van der Waals surface area contributed by atoms with E-state index in [9.17, 15) is 9.59 Å². The van der Waals surface area contributed by atoms with E-state index in [2.05, 4.69) is 0 Å². The zero-order chi connectivity index (χ0) is 14.0. The van der Waals surface area contributed by atoms with Crippen molar-refractivity contribution in [1.82, 2.24) is 4.90 Å². The Kier molecular flexibility index (Phi) is 3.71. The highest BCUT2D eigenvalue weighted by atomic mass is 16.5. The molecule has 0 aliphatic carbocycles. The number of ether oxygens (including phenoxy) is 1. The first kappa shape index (κ1) is 13.7. The van der Waals surface area contributed by atoms with Crippen LogP contribution in [0.3, 0.4) is 0 Å². The van der Waals surface area contributed by atoms with E-state index in [0.717, 1.165) is 0 Å². The van der Waals surface area contributed by atoms with Gasteiger partial charge in [0.15, 0.2) is 0 Å². The molecule has 1 heterocycles. The van der Waals surface area contributed by atoms with E-state index < -0.39 is 0 Å². The first-order chi connectivity index (χ1) is 8.90. The standard InChI is InChI=1S/C15H19NO3/c1-15(2,3)19-10-6-9-16-13(17)11-7-4-5-8-12(11)14(16)18/h4-5,7-8H,6,9-10H2,1-3H3. The van der Waals surface area contributed by atoms with E-state index in [1.165, 1.54) is 4.90 Å². The molecule has 0 fully saturated rings. The molecule has 19 heavy (non-hydrogen) atoms. The highest BCUT2D eigenvalue weighted by Gasteiger charge is 2.34. The maximum absolute atomic E-state index is 12.1. The van der Waals surface area contributed by atoms with Crippen molar-refractivity contribution in [2.24, 2.45) is 0 Å². The molecule has 2 rings (SSSR count). The van der Waals surface area contributed by atoms with Crippen molar-refractivity contribution in [1.29, 1.82) is 0 Å². The van der Waals surface area contributed by atoms with Crippen LogP contribution in [0.1, 0.15) is 47.9 Å². The van der Waals surface area contributed by atoms with Crippen LogP contribution in [0, 0.1) is 0 Å². The van der Waals surface area contributed by atoms with Crippen molar-refractivity contribution in [3.63, 3.8) is 0 Å². The summed E-state index contributed by atoms with van der Waals surface area (Å²) >= 11 is 0. The van der Waals surface area contributed by atoms with Crippen molar-refractivity contribution in [3.8, 4) is 0 Å². The number of fused-ring (bicyclic) bond motifs is 1. The fourth-order valence-electron chi connectivity index (χ4n) is 2.04. The highest BCUT2D eigenvalue weighted by molar-refractivity contribution is 6.21. The molecule has 0 saturated carbocycles. The summed E-state index contributed by atoms with van der Waals surface area (Å²) in [6.07, 6.45) is 0.655. The first-order valence-corrected chi connectivity index (χ1v) is 6.49. The van der Waals surface area contributed by atoms with Crippen LogP contribution < -0.4 is 0 Å². The molecule has 0 radical (unpaired) electrons. The van der Waals surface area contributed by atoms with Crippen molar-refractivity contribution in [2.45, 2.75) is 32.8 Å². The monoisotopic (exact) mass is 261 g/mol. The molecule has 0 bridgehead atoms. The lowest BCUT2D eigenvalue weighted by molar-refractivity contribution is -0.00584. The largest absolute Gasteiger partial charge is 0.376 e. The normalized spacial score (nSPS) is 15.0. The van der Waals surface area contributed by atoms with Crippen LogP contribution in [0.4, 0.5) is 0 Å². The van der Waals surface area contributed by atoms with Crippen LogP contribution in [0.5, 0.6) is 0 Å². The van der Waals surface area contributed by atoms with Gasteiger partial charge < -0.3 is 4.74 Å². The van der Waals surface area contributed by atoms with Crippen molar-refractivity contribution >= 4 is 11.8 Å². The number of hydrogen-bond donors (Lipinski definition) is 0. The molecule has 2 amide bonds. The average Bonchev–Trinajstić information content (AvgIpc) is 2.58. The van der Waals surface area contributed by atoms with E-state index >= 15 is 0 Å². The summed E-state index contributed by atoms with van der Waals surface area (Å²) in [5, 5.41) is 0. The zero-order valence-electron chi connectivity index (χ0n) is 11.6. The Bertz CT molecular complexity index is 467. The predicted molar refractivity (Wildman–Crippen MR) is 72.1 cm³/mol. The Hall–Kier alpha value is -1.68. The third-order valence-corrected chi connectivity index (χ3v) is 2.94. The minimum atomic E-state index is -0.198. The van der Waals surface area contributed by atoms with Gasteiger partial charge in [-0.2, -0.15) is 0 Å². The lowest BCUT2D eigenvalue weighted by atomic mass is 10.1. The summed E-state index contributed by atoms with van der Waals surface area (Å²) < 4.78 is 5.59. The van der Waals surface area contributed by atoms with Crippen LogP contribution in [0.15, 0.2) is 24.3 Å². The number of carbonyl (C=O) groups is 2. The van der Waals surface area contributed by atoms with Crippen molar-refractivity contribution in [2.75, 3.05) is 13.2 Å².